The average molecular weight is 476 g/mol. The third kappa shape index (κ3) is 7.07. The van der Waals surface area contributed by atoms with E-state index >= 15 is 0 Å². The number of carboxylic acid groups (broad SMARTS) is 1. The zero-order valence-corrected chi connectivity index (χ0v) is 19.4. The topological polar surface area (TPSA) is 94.1 Å². The van der Waals surface area contributed by atoms with E-state index in [4.69, 9.17) is 14.2 Å². The molecule has 1 aliphatic rings. The molecule has 0 radical (unpaired) electrons. The van der Waals surface area contributed by atoms with Crippen LogP contribution >= 0.6 is 0 Å². The molecule has 0 aromatic heterocycles. The van der Waals surface area contributed by atoms with Crippen molar-refractivity contribution in [3.63, 3.8) is 0 Å². The molecule has 3 aromatic carbocycles. The minimum absolute atomic E-state index is 0.120. The molecule has 0 spiro atoms. The second-order valence-electron chi connectivity index (χ2n) is 8.49. The van der Waals surface area contributed by atoms with E-state index in [1.807, 2.05) is 60.7 Å². The maximum absolute atomic E-state index is 12.5. The molecule has 4 rings (SSSR count). The molecule has 0 saturated carbocycles. The molecule has 35 heavy (non-hydrogen) atoms. The summed E-state index contributed by atoms with van der Waals surface area (Å²) in [6.45, 7) is 1.55. The highest BCUT2D eigenvalue weighted by molar-refractivity contribution is 5.85. The van der Waals surface area contributed by atoms with Crippen LogP contribution in [0.5, 0.6) is 11.5 Å². The van der Waals surface area contributed by atoms with E-state index in [2.05, 4.69) is 5.32 Å². The number of aliphatic carboxylic acids is 1. The number of carbonyl (C=O) groups is 2. The van der Waals surface area contributed by atoms with Gasteiger partial charge >= 0.3 is 5.97 Å². The standard InChI is InChI=1S/C28H29NO6/c30-27(23-13-14-33-19-23)29-24(28(31)32)15-22-11-12-25(34-17-20-7-3-1-4-8-20)26(16-22)35-18-21-9-5-2-6-10-21/h1-12,16,23-24H,13-15,17-19H2,(H,29,30)(H,31,32)/t23-,24+/m0/s1. The smallest absolute Gasteiger partial charge is 0.326 e. The van der Waals surface area contributed by atoms with Crippen LogP contribution in [0.25, 0.3) is 0 Å². The minimum Gasteiger partial charge on any atom is -0.485 e. The van der Waals surface area contributed by atoms with Crippen molar-refractivity contribution in [2.45, 2.75) is 32.1 Å². The Bertz CT molecular complexity index is 1110. The largest absolute Gasteiger partial charge is 0.485 e. The van der Waals surface area contributed by atoms with Crippen molar-refractivity contribution in [2.75, 3.05) is 13.2 Å². The number of carboxylic acids is 1. The lowest BCUT2D eigenvalue weighted by Crippen LogP contribution is -2.45. The number of rotatable bonds is 11. The lowest BCUT2D eigenvalue weighted by molar-refractivity contribution is -0.142. The maximum atomic E-state index is 12.5. The normalized spacial score (nSPS) is 15.8. The van der Waals surface area contributed by atoms with Crippen LogP contribution in [0, 0.1) is 5.92 Å². The average Bonchev–Trinajstić information content (AvgIpc) is 3.43. The van der Waals surface area contributed by atoms with Gasteiger partial charge in [-0.25, -0.2) is 4.79 Å². The molecule has 1 saturated heterocycles. The predicted molar refractivity (Wildman–Crippen MR) is 130 cm³/mol. The zero-order chi connectivity index (χ0) is 24.5. The van der Waals surface area contributed by atoms with Crippen molar-refractivity contribution in [1.82, 2.24) is 5.32 Å². The number of benzene rings is 3. The van der Waals surface area contributed by atoms with Crippen LogP contribution in [-0.4, -0.2) is 36.2 Å². The molecule has 3 aromatic rings. The van der Waals surface area contributed by atoms with Crippen LogP contribution in [0.3, 0.4) is 0 Å². The van der Waals surface area contributed by atoms with Crippen molar-refractivity contribution >= 4 is 11.9 Å². The second-order valence-corrected chi connectivity index (χ2v) is 8.49. The van der Waals surface area contributed by atoms with E-state index in [1.165, 1.54) is 0 Å². The van der Waals surface area contributed by atoms with Gasteiger partial charge in [-0.05, 0) is 35.2 Å². The second kappa shape index (κ2) is 12.0. The molecule has 1 heterocycles. The Balaban J connectivity index is 1.49. The molecule has 182 valence electrons. The highest BCUT2D eigenvalue weighted by Gasteiger charge is 2.28. The molecule has 1 aliphatic heterocycles. The van der Waals surface area contributed by atoms with Crippen molar-refractivity contribution in [3.05, 3.63) is 95.6 Å². The highest BCUT2D eigenvalue weighted by atomic mass is 16.5. The van der Waals surface area contributed by atoms with Gasteiger partial charge in [0.1, 0.15) is 19.3 Å². The lowest BCUT2D eigenvalue weighted by atomic mass is 10.0. The Labute approximate surface area is 204 Å². The van der Waals surface area contributed by atoms with E-state index in [0.717, 1.165) is 16.7 Å². The van der Waals surface area contributed by atoms with Gasteiger partial charge in [-0.15, -0.1) is 0 Å². The SMILES string of the molecule is O=C(N[C@H](Cc1ccc(OCc2ccccc2)c(OCc2ccccc2)c1)C(=O)O)[C@H]1CCOC1. The van der Waals surface area contributed by atoms with E-state index < -0.39 is 12.0 Å². The first-order valence-corrected chi connectivity index (χ1v) is 11.7. The number of ether oxygens (including phenoxy) is 3. The van der Waals surface area contributed by atoms with Crippen LogP contribution in [-0.2, 0) is 34.0 Å². The van der Waals surface area contributed by atoms with Crippen molar-refractivity contribution in [2.24, 2.45) is 5.92 Å². The fraction of sp³-hybridized carbons (Fsp3) is 0.286. The molecule has 7 heteroatoms. The quantitative estimate of drug-likeness (QED) is 0.436. The molecule has 2 atom stereocenters. The van der Waals surface area contributed by atoms with Crippen LogP contribution in [0.1, 0.15) is 23.1 Å². The van der Waals surface area contributed by atoms with Gasteiger partial charge in [0.25, 0.3) is 0 Å². The fourth-order valence-electron chi connectivity index (χ4n) is 3.85. The summed E-state index contributed by atoms with van der Waals surface area (Å²) in [6, 6.07) is 23.9. The van der Waals surface area contributed by atoms with Gasteiger partial charge < -0.3 is 24.6 Å². The van der Waals surface area contributed by atoms with Gasteiger partial charge in [0.15, 0.2) is 11.5 Å². The fourth-order valence-corrected chi connectivity index (χ4v) is 3.85. The summed E-state index contributed by atoms with van der Waals surface area (Å²) in [4.78, 5) is 24.3. The molecule has 1 fully saturated rings. The van der Waals surface area contributed by atoms with Gasteiger partial charge in [0.05, 0.1) is 12.5 Å². The number of nitrogens with one attached hydrogen (secondary N) is 1. The monoisotopic (exact) mass is 475 g/mol. The van der Waals surface area contributed by atoms with Gasteiger partial charge in [-0.3, -0.25) is 4.79 Å². The summed E-state index contributed by atoms with van der Waals surface area (Å²) in [6.07, 6.45) is 0.721. The van der Waals surface area contributed by atoms with Crippen LogP contribution in [0.4, 0.5) is 0 Å². The molecule has 0 bridgehead atoms. The van der Waals surface area contributed by atoms with Crippen LogP contribution < -0.4 is 14.8 Å². The number of hydrogen-bond acceptors (Lipinski definition) is 5. The van der Waals surface area contributed by atoms with E-state index in [0.29, 0.717) is 44.3 Å². The zero-order valence-electron chi connectivity index (χ0n) is 19.4. The van der Waals surface area contributed by atoms with E-state index in [-0.39, 0.29) is 18.2 Å². The summed E-state index contributed by atoms with van der Waals surface area (Å²) in [5.41, 5.74) is 2.74. The summed E-state index contributed by atoms with van der Waals surface area (Å²) < 4.78 is 17.4. The molecule has 2 N–H and O–H groups in total. The van der Waals surface area contributed by atoms with Crippen LogP contribution in [0.2, 0.25) is 0 Å². The van der Waals surface area contributed by atoms with Crippen molar-refractivity contribution in [1.29, 1.82) is 0 Å². The predicted octanol–water partition coefficient (Wildman–Crippen LogP) is 3.99. The molecular weight excluding hydrogens is 446 g/mol. The van der Waals surface area contributed by atoms with Gasteiger partial charge in [0, 0.05) is 13.0 Å². The molecule has 7 nitrogen and oxygen atoms in total. The lowest BCUT2D eigenvalue weighted by Gasteiger charge is -2.18. The highest BCUT2D eigenvalue weighted by Crippen LogP contribution is 2.31. The van der Waals surface area contributed by atoms with Gasteiger partial charge in [0.2, 0.25) is 5.91 Å². The first-order chi connectivity index (χ1) is 17.1. The molecule has 0 aliphatic carbocycles. The summed E-state index contributed by atoms with van der Waals surface area (Å²) >= 11 is 0. The Hall–Kier alpha value is -3.84. The van der Waals surface area contributed by atoms with Crippen LogP contribution in [0.15, 0.2) is 78.9 Å². The third-order valence-corrected chi connectivity index (χ3v) is 5.84. The van der Waals surface area contributed by atoms with Crippen molar-refractivity contribution in [3.8, 4) is 11.5 Å². The number of amides is 1. The Morgan fingerprint density at radius 3 is 2.09 bits per heavy atom. The number of carbonyl (C=O) groups excluding carboxylic acids is 1. The first-order valence-electron chi connectivity index (χ1n) is 11.7. The van der Waals surface area contributed by atoms with Gasteiger partial charge in [-0.2, -0.15) is 0 Å². The summed E-state index contributed by atoms with van der Waals surface area (Å²) in [5, 5.41) is 12.4. The first kappa shape index (κ1) is 24.3. The number of hydrogen-bond donors (Lipinski definition) is 2. The maximum Gasteiger partial charge on any atom is 0.326 e. The van der Waals surface area contributed by atoms with Crippen molar-refractivity contribution < 1.29 is 28.9 Å². The van der Waals surface area contributed by atoms with Gasteiger partial charge in [-0.1, -0.05) is 66.7 Å². The minimum atomic E-state index is -1.09. The Kier molecular flexibility index (Phi) is 8.35. The Morgan fingerprint density at radius 2 is 1.51 bits per heavy atom. The van der Waals surface area contributed by atoms with E-state index in [9.17, 15) is 14.7 Å². The third-order valence-electron chi connectivity index (χ3n) is 5.84. The summed E-state index contributed by atoms with van der Waals surface area (Å²) in [5.74, 6) is -0.614. The summed E-state index contributed by atoms with van der Waals surface area (Å²) in [7, 11) is 0. The van der Waals surface area contributed by atoms with E-state index in [1.54, 1.807) is 18.2 Å². The molecular formula is C28H29NO6. The Morgan fingerprint density at radius 1 is 0.886 bits per heavy atom. The molecule has 0 unspecified atom stereocenters. The molecule has 1 amide bonds.